The molecule has 0 N–H and O–H groups in total. The van der Waals surface area contributed by atoms with Crippen LogP contribution in [0.25, 0.3) is 11.0 Å². The number of fused-ring (bicyclic) bond motifs is 1. The van der Waals surface area contributed by atoms with Crippen molar-refractivity contribution in [3.05, 3.63) is 12.5 Å². The molecule has 204 valence electrons. The Kier molecular flexibility index (Phi) is 6.97. The van der Waals surface area contributed by atoms with Gasteiger partial charge in [0.2, 0.25) is 5.91 Å². The number of hydrogen-bond donors (Lipinski definition) is 0. The molecule has 5 rings (SSSR count). The van der Waals surface area contributed by atoms with Crippen LogP contribution in [0.5, 0.6) is 0 Å². The number of amides is 2. The van der Waals surface area contributed by atoms with E-state index in [0.29, 0.717) is 26.1 Å². The quantitative estimate of drug-likeness (QED) is 0.579. The fraction of sp³-hybridized carbons (Fsp3) is 0.679. The van der Waals surface area contributed by atoms with Crippen LogP contribution in [0.3, 0.4) is 0 Å². The molecule has 0 spiro atoms. The van der Waals surface area contributed by atoms with Crippen LogP contribution in [-0.4, -0.2) is 68.8 Å². The van der Waals surface area contributed by atoms with Gasteiger partial charge >= 0.3 is 6.09 Å². The Hall–Kier alpha value is -3.35. The predicted octanol–water partition coefficient (Wildman–Crippen LogP) is 4.65. The van der Waals surface area contributed by atoms with Gasteiger partial charge in [0.1, 0.15) is 23.4 Å². The minimum atomic E-state index is -0.556. The third-order valence-electron chi connectivity index (χ3n) is 8.04. The summed E-state index contributed by atoms with van der Waals surface area (Å²) in [6.07, 6.45) is 8.44. The summed E-state index contributed by atoms with van der Waals surface area (Å²) in [4.78, 5) is 41.2. The summed E-state index contributed by atoms with van der Waals surface area (Å²) in [6, 6.07) is 2.52. The van der Waals surface area contributed by atoms with Gasteiger partial charge in [-0.05, 0) is 60.3 Å². The van der Waals surface area contributed by atoms with Gasteiger partial charge in [-0.25, -0.2) is 14.8 Å². The van der Waals surface area contributed by atoms with Gasteiger partial charge < -0.3 is 24.0 Å². The Morgan fingerprint density at radius 2 is 1.92 bits per heavy atom. The Morgan fingerprint density at radius 3 is 2.61 bits per heavy atom. The number of aromatic nitrogens is 3. The van der Waals surface area contributed by atoms with E-state index in [2.05, 4.69) is 28.7 Å². The molecule has 1 aliphatic carbocycles. The summed E-state index contributed by atoms with van der Waals surface area (Å²) in [5.41, 5.74) is 1.11. The van der Waals surface area contributed by atoms with Gasteiger partial charge in [0, 0.05) is 56.3 Å². The first-order chi connectivity index (χ1) is 18.1. The fourth-order valence-electron chi connectivity index (χ4n) is 6.18. The van der Waals surface area contributed by atoms with E-state index in [4.69, 9.17) is 14.7 Å². The number of rotatable bonds is 3. The zero-order chi connectivity index (χ0) is 27.2. The molecule has 2 amide bonds. The van der Waals surface area contributed by atoms with E-state index in [-0.39, 0.29) is 36.0 Å². The molecule has 4 atom stereocenters. The molecule has 3 fully saturated rings. The molecule has 0 aromatic carbocycles. The van der Waals surface area contributed by atoms with Crippen LogP contribution >= 0.6 is 0 Å². The Balaban J connectivity index is 1.54. The van der Waals surface area contributed by atoms with Crippen molar-refractivity contribution >= 4 is 34.5 Å². The first kappa shape index (κ1) is 26.3. The Labute approximate surface area is 224 Å². The smallest absolute Gasteiger partial charge is 0.410 e. The zero-order valence-electron chi connectivity index (χ0n) is 23.2. The highest BCUT2D eigenvalue weighted by Gasteiger charge is 2.38. The molecule has 4 heterocycles. The van der Waals surface area contributed by atoms with E-state index in [0.717, 1.165) is 54.6 Å². The molecule has 0 unspecified atom stereocenters. The normalized spacial score (nSPS) is 26.6. The molecule has 0 bridgehead atoms. The Bertz CT molecular complexity index is 1260. The summed E-state index contributed by atoms with van der Waals surface area (Å²) in [6.45, 7) is 11.5. The molecule has 1 saturated carbocycles. The van der Waals surface area contributed by atoms with E-state index < -0.39 is 5.60 Å². The summed E-state index contributed by atoms with van der Waals surface area (Å²) in [5.74, 6) is 0.944. The molecular formula is C28H39N7O3. The van der Waals surface area contributed by atoms with Gasteiger partial charge in [-0.2, -0.15) is 5.26 Å². The molecule has 2 aliphatic heterocycles. The highest BCUT2D eigenvalue weighted by Crippen LogP contribution is 2.42. The molecule has 10 heteroatoms. The topological polar surface area (TPSA) is 108 Å². The standard InChI is InChI=1S/C28H39N7O3/c1-18-15-34(27(37)38-28(3,4)5)19(2)14-33(18)25-24-22(32-11-7-10-23(32)36)16-35(26(24)31-17-30-25)21-9-6-8-20(12-21)13-29/h16-21H,6-12,14-15H2,1-5H3/t18-,19+,20+,21-/m0/s1. The van der Waals surface area contributed by atoms with Gasteiger partial charge in [0.05, 0.1) is 17.1 Å². The summed E-state index contributed by atoms with van der Waals surface area (Å²) in [5, 5.41) is 10.5. The van der Waals surface area contributed by atoms with Crippen LogP contribution in [0.1, 0.15) is 79.2 Å². The SMILES string of the molecule is C[C@@H]1CN(c2ncnc3c2c(N2CCCC2=O)cn3[C@H]2CCC[C@@H](C#N)C2)[C@@H](C)CN1C(=O)OC(C)(C)C. The third kappa shape index (κ3) is 4.91. The van der Waals surface area contributed by atoms with Gasteiger partial charge in [-0.1, -0.05) is 6.42 Å². The minimum absolute atomic E-state index is 0.0139. The van der Waals surface area contributed by atoms with E-state index >= 15 is 0 Å². The van der Waals surface area contributed by atoms with Crippen molar-refractivity contribution < 1.29 is 14.3 Å². The van der Waals surface area contributed by atoms with Crippen LogP contribution in [0.15, 0.2) is 12.5 Å². The average molecular weight is 522 g/mol. The van der Waals surface area contributed by atoms with Gasteiger partial charge in [0.15, 0.2) is 0 Å². The van der Waals surface area contributed by atoms with Crippen LogP contribution < -0.4 is 9.80 Å². The van der Waals surface area contributed by atoms with Crippen molar-refractivity contribution in [3.63, 3.8) is 0 Å². The maximum absolute atomic E-state index is 12.9. The van der Waals surface area contributed by atoms with Crippen LogP contribution in [-0.2, 0) is 9.53 Å². The molecule has 2 aromatic rings. The highest BCUT2D eigenvalue weighted by molar-refractivity contribution is 6.08. The van der Waals surface area contributed by atoms with E-state index in [1.165, 1.54) is 0 Å². The van der Waals surface area contributed by atoms with E-state index in [1.807, 2.05) is 32.6 Å². The second kappa shape index (κ2) is 10.1. The van der Waals surface area contributed by atoms with Crippen LogP contribution in [0.4, 0.5) is 16.3 Å². The molecule has 3 aliphatic rings. The van der Waals surface area contributed by atoms with Crippen molar-refractivity contribution in [2.45, 2.75) is 96.9 Å². The lowest BCUT2D eigenvalue weighted by molar-refractivity contribution is -0.117. The van der Waals surface area contributed by atoms with Gasteiger partial charge in [0.25, 0.3) is 0 Å². The highest BCUT2D eigenvalue weighted by atomic mass is 16.6. The monoisotopic (exact) mass is 521 g/mol. The number of nitriles is 1. The lowest BCUT2D eigenvalue weighted by Gasteiger charge is -2.44. The van der Waals surface area contributed by atoms with Gasteiger partial charge in [-0.15, -0.1) is 0 Å². The Morgan fingerprint density at radius 1 is 1.13 bits per heavy atom. The number of carbonyl (C=O) groups excluding carboxylic acids is 2. The molecule has 2 saturated heterocycles. The number of hydrogen-bond acceptors (Lipinski definition) is 7. The first-order valence-corrected chi connectivity index (χ1v) is 13.9. The minimum Gasteiger partial charge on any atom is -0.444 e. The molecule has 0 radical (unpaired) electrons. The fourth-order valence-corrected chi connectivity index (χ4v) is 6.18. The van der Waals surface area contributed by atoms with Crippen LogP contribution in [0, 0.1) is 17.2 Å². The van der Waals surface area contributed by atoms with Gasteiger partial charge in [-0.3, -0.25) is 4.79 Å². The number of anilines is 2. The first-order valence-electron chi connectivity index (χ1n) is 13.9. The molecule has 38 heavy (non-hydrogen) atoms. The molecule has 10 nitrogen and oxygen atoms in total. The number of ether oxygens (including phenoxy) is 1. The average Bonchev–Trinajstić information content (AvgIpc) is 3.47. The maximum Gasteiger partial charge on any atom is 0.410 e. The zero-order valence-corrected chi connectivity index (χ0v) is 23.2. The molecule has 2 aromatic heterocycles. The van der Waals surface area contributed by atoms with Crippen LogP contribution in [0.2, 0.25) is 0 Å². The number of nitrogens with zero attached hydrogens (tertiary/aromatic N) is 7. The second-order valence-corrected chi connectivity index (χ2v) is 12.1. The van der Waals surface area contributed by atoms with Crippen molar-refractivity contribution in [1.29, 1.82) is 5.26 Å². The second-order valence-electron chi connectivity index (χ2n) is 12.1. The van der Waals surface area contributed by atoms with E-state index in [9.17, 15) is 14.9 Å². The lowest BCUT2D eigenvalue weighted by Crippen LogP contribution is -2.59. The van der Waals surface area contributed by atoms with Crippen molar-refractivity contribution in [3.8, 4) is 6.07 Å². The maximum atomic E-state index is 12.9. The summed E-state index contributed by atoms with van der Waals surface area (Å²) < 4.78 is 7.86. The predicted molar refractivity (Wildman–Crippen MR) is 145 cm³/mol. The summed E-state index contributed by atoms with van der Waals surface area (Å²) in [7, 11) is 0. The van der Waals surface area contributed by atoms with Crippen molar-refractivity contribution in [2.75, 3.05) is 29.4 Å². The lowest BCUT2D eigenvalue weighted by atomic mass is 9.86. The number of carbonyl (C=O) groups is 2. The van der Waals surface area contributed by atoms with Crippen molar-refractivity contribution in [2.24, 2.45) is 5.92 Å². The van der Waals surface area contributed by atoms with E-state index in [1.54, 1.807) is 11.2 Å². The largest absolute Gasteiger partial charge is 0.444 e. The number of piperazine rings is 1. The summed E-state index contributed by atoms with van der Waals surface area (Å²) >= 11 is 0. The molecular weight excluding hydrogens is 482 g/mol. The third-order valence-corrected chi connectivity index (χ3v) is 8.04. The van der Waals surface area contributed by atoms with Crippen molar-refractivity contribution in [1.82, 2.24) is 19.4 Å².